The number of hydrogen-bond donors (Lipinski definition) is 2. The molecule has 0 unspecified atom stereocenters. The molecule has 0 amide bonds. The summed E-state index contributed by atoms with van der Waals surface area (Å²) in [5.74, 6) is 0. The van der Waals surface area contributed by atoms with Gasteiger partial charge in [0.15, 0.2) is 5.43 Å². The van der Waals surface area contributed by atoms with Gasteiger partial charge >= 0.3 is 0 Å². The van der Waals surface area contributed by atoms with Gasteiger partial charge < -0.3 is 10.6 Å². The fourth-order valence-corrected chi connectivity index (χ4v) is 3.98. The quantitative estimate of drug-likeness (QED) is 0.432. The van der Waals surface area contributed by atoms with Gasteiger partial charge in [0.2, 0.25) is 0 Å². The van der Waals surface area contributed by atoms with Crippen molar-refractivity contribution in [2.45, 2.75) is 0 Å². The van der Waals surface area contributed by atoms with Crippen LogP contribution in [0.25, 0.3) is 31.2 Å². The van der Waals surface area contributed by atoms with Gasteiger partial charge in [0, 0.05) is 30.9 Å². The van der Waals surface area contributed by atoms with E-state index in [0.717, 1.165) is 37.2 Å². The Morgan fingerprint density at radius 3 is 2.48 bits per heavy atom. The van der Waals surface area contributed by atoms with Crippen molar-refractivity contribution in [1.82, 2.24) is 4.98 Å². The third-order valence-electron chi connectivity index (χ3n) is 4.04. The normalized spacial score (nSPS) is 11.2. The van der Waals surface area contributed by atoms with Crippen LogP contribution >= 0.6 is 11.3 Å². The molecule has 114 valence electrons. The first-order chi connectivity index (χ1) is 11.2. The Bertz CT molecular complexity index is 1120. The SMILES string of the molecule is CNc1cc2sc3ccccc3nc2c2c(NC)ccc(=O)c12. The van der Waals surface area contributed by atoms with Gasteiger partial charge in [0.25, 0.3) is 0 Å². The number of para-hydroxylation sites is 1. The molecule has 4 aromatic rings. The van der Waals surface area contributed by atoms with E-state index < -0.39 is 0 Å². The molecule has 3 aromatic carbocycles. The van der Waals surface area contributed by atoms with Crippen LogP contribution in [-0.4, -0.2) is 19.1 Å². The second-order valence-electron chi connectivity index (χ2n) is 5.31. The minimum Gasteiger partial charge on any atom is -0.388 e. The molecule has 0 aliphatic heterocycles. The Morgan fingerprint density at radius 2 is 1.70 bits per heavy atom. The predicted molar refractivity (Wildman–Crippen MR) is 100.0 cm³/mol. The second-order valence-corrected chi connectivity index (χ2v) is 6.40. The van der Waals surface area contributed by atoms with Crippen molar-refractivity contribution in [2.75, 3.05) is 24.7 Å². The first kappa shape index (κ1) is 14.0. The molecule has 23 heavy (non-hydrogen) atoms. The van der Waals surface area contributed by atoms with Gasteiger partial charge in [-0.05, 0) is 30.3 Å². The van der Waals surface area contributed by atoms with Crippen molar-refractivity contribution in [2.24, 2.45) is 0 Å². The number of aromatic nitrogens is 1. The van der Waals surface area contributed by atoms with Crippen LogP contribution in [0.15, 0.2) is 47.3 Å². The van der Waals surface area contributed by atoms with Crippen LogP contribution in [0.5, 0.6) is 0 Å². The monoisotopic (exact) mass is 321 g/mol. The standard InChI is InChI=1S/C18H15N3OS/c1-19-11-7-8-13(22)16-12(20-2)9-15-18(17(11)16)21-10-5-3-4-6-14(10)23-15/h3-9,19-20H,1-2H3. The zero-order valence-corrected chi connectivity index (χ0v) is 13.6. The molecule has 4 nitrogen and oxygen atoms in total. The Kier molecular flexibility index (Phi) is 3.16. The molecule has 5 heteroatoms. The summed E-state index contributed by atoms with van der Waals surface area (Å²) in [6.07, 6.45) is 0. The van der Waals surface area contributed by atoms with Crippen molar-refractivity contribution >= 4 is 53.9 Å². The lowest BCUT2D eigenvalue weighted by molar-refractivity contribution is 1.49. The molecule has 0 atom stereocenters. The summed E-state index contributed by atoms with van der Waals surface area (Å²) < 4.78 is 2.19. The Balaban J connectivity index is 2.32. The largest absolute Gasteiger partial charge is 0.388 e. The second kappa shape index (κ2) is 5.21. The van der Waals surface area contributed by atoms with Crippen molar-refractivity contribution in [3.8, 4) is 0 Å². The molecule has 1 heterocycles. The summed E-state index contributed by atoms with van der Waals surface area (Å²) in [4.78, 5) is 17.3. The molecule has 0 fully saturated rings. The Labute approximate surface area is 136 Å². The number of hydrogen-bond acceptors (Lipinski definition) is 5. The summed E-state index contributed by atoms with van der Waals surface area (Å²) >= 11 is 1.69. The summed E-state index contributed by atoms with van der Waals surface area (Å²) in [6, 6.07) is 13.5. The highest BCUT2D eigenvalue weighted by atomic mass is 32.1. The Hall–Kier alpha value is -2.66. The van der Waals surface area contributed by atoms with E-state index in [1.807, 2.05) is 44.4 Å². The van der Waals surface area contributed by atoms with E-state index in [0.29, 0.717) is 5.39 Å². The average molecular weight is 321 g/mol. The van der Waals surface area contributed by atoms with Crippen LogP contribution in [0.2, 0.25) is 0 Å². The molecule has 0 saturated carbocycles. The van der Waals surface area contributed by atoms with E-state index in [-0.39, 0.29) is 5.43 Å². The van der Waals surface area contributed by atoms with E-state index in [1.165, 1.54) is 0 Å². The first-order valence-electron chi connectivity index (χ1n) is 7.37. The van der Waals surface area contributed by atoms with Gasteiger partial charge in [-0.3, -0.25) is 4.79 Å². The molecular weight excluding hydrogens is 306 g/mol. The molecule has 0 saturated heterocycles. The number of nitrogens with one attached hydrogen (secondary N) is 2. The van der Waals surface area contributed by atoms with Crippen LogP contribution in [0, 0.1) is 0 Å². The molecule has 1 aromatic heterocycles. The van der Waals surface area contributed by atoms with Gasteiger partial charge in [-0.25, -0.2) is 4.98 Å². The maximum absolute atomic E-state index is 12.4. The topological polar surface area (TPSA) is 54.0 Å². The molecule has 0 bridgehead atoms. The zero-order valence-electron chi connectivity index (χ0n) is 12.8. The summed E-state index contributed by atoms with van der Waals surface area (Å²) in [7, 11) is 3.70. The number of nitrogens with zero attached hydrogens (tertiary/aromatic N) is 1. The van der Waals surface area contributed by atoms with Crippen LogP contribution in [0.3, 0.4) is 0 Å². The van der Waals surface area contributed by atoms with Crippen molar-refractivity contribution < 1.29 is 0 Å². The molecule has 2 N–H and O–H groups in total. The molecular formula is C18H15N3OS. The lowest BCUT2D eigenvalue weighted by atomic mass is 10.0. The first-order valence-corrected chi connectivity index (χ1v) is 8.19. The van der Waals surface area contributed by atoms with Crippen molar-refractivity contribution in [3.05, 3.63) is 52.7 Å². The van der Waals surface area contributed by atoms with Crippen LogP contribution in [0.1, 0.15) is 0 Å². The summed E-state index contributed by atoms with van der Waals surface area (Å²) in [5, 5.41) is 7.90. The van der Waals surface area contributed by atoms with E-state index in [1.54, 1.807) is 17.4 Å². The smallest absolute Gasteiger partial charge is 0.188 e. The highest BCUT2D eigenvalue weighted by Gasteiger charge is 2.14. The highest BCUT2D eigenvalue weighted by molar-refractivity contribution is 7.24. The third-order valence-corrected chi connectivity index (χ3v) is 5.13. The number of benzene rings is 3. The predicted octanol–water partition coefficient (Wildman–Crippen LogP) is 4.05. The van der Waals surface area contributed by atoms with E-state index in [9.17, 15) is 4.79 Å². The van der Waals surface area contributed by atoms with Crippen LogP contribution < -0.4 is 16.1 Å². The fraction of sp³-hybridized carbons (Fsp3) is 0.111. The minimum absolute atomic E-state index is 0.00482. The minimum atomic E-state index is 0.00482. The average Bonchev–Trinajstić information content (AvgIpc) is 2.59. The Morgan fingerprint density at radius 1 is 0.913 bits per heavy atom. The molecule has 4 rings (SSSR count). The molecule has 0 radical (unpaired) electrons. The number of anilines is 2. The summed E-state index contributed by atoms with van der Waals surface area (Å²) in [6.45, 7) is 0. The van der Waals surface area contributed by atoms with Crippen LogP contribution in [-0.2, 0) is 0 Å². The lowest BCUT2D eigenvalue weighted by Gasteiger charge is -2.12. The van der Waals surface area contributed by atoms with E-state index in [2.05, 4.69) is 16.7 Å². The number of fused-ring (bicyclic) bond motifs is 4. The van der Waals surface area contributed by atoms with Gasteiger partial charge in [0.1, 0.15) is 0 Å². The van der Waals surface area contributed by atoms with E-state index >= 15 is 0 Å². The maximum Gasteiger partial charge on any atom is 0.188 e. The molecule has 0 aliphatic carbocycles. The fourth-order valence-electron chi connectivity index (χ4n) is 2.96. The highest BCUT2D eigenvalue weighted by Crippen LogP contribution is 2.37. The van der Waals surface area contributed by atoms with Crippen LogP contribution in [0.4, 0.5) is 11.4 Å². The zero-order chi connectivity index (χ0) is 16.0. The van der Waals surface area contributed by atoms with Gasteiger partial charge in [0.05, 0.1) is 25.8 Å². The van der Waals surface area contributed by atoms with Gasteiger partial charge in [-0.2, -0.15) is 0 Å². The van der Waals surface area contributed by atoms with Gasteiger partial charge in [-0.1, -0.05) is 12.1 Å². The van der Waals surface area contributed by atoms with Crippen molar-refractivity contribution in [1.29, 1.82) is 0 Å². The molecule has 0 spiro atoms. The summed E-state index contributed by atoms with van der Waals surface area (Å²) in [5.41, 5.74) is 3.57. The number of rotatable bonds is 2. The van der Waals surface area contributed by atoms with Gasteiger partial charge in [-0.15, -0.1) is 11.3 Å². The molecule has 0 aliphatic rings. The lowest BCUT2D eigenvalue weighted by Crippen LogP contribution is -2.06. The third kappa shape index (κ3) is 2.04. The van der Waals surface area contributed by atoms with E-state index in [4.69, 9.17) is 4.98 Å². The van der Waals surface area contributed by atoms with Crippen molar-refractivity contribution in [3.63, 3.8) is 0 Å². The maximum atomic E-state index is 12.4.